The first-order valence-electron chi connectivity index (χ1n) is 9.27. The van der Waals surface area contributed by atoms with Crippen LogP contribution in [0.1, 0.15) is 43.4 Å². The third-order valence-electron chi connectivity index (χ3n) is 4.81. The number of aliphatic hydroxyl groups is 1. The fourth-order valence-electron chi connectivity index (χ4n) is 3.07. The molecule has 0 fully saturated rings. The standard InChI is InChI=1S/C21H31N3O.2W.2Y/c1-6-24(10-11-25)9-7-8-18(5)23-21-17(4)14-22-20-13-16(3)15(2)12-19(20)21;;;;/h14,18,25H,6-11H2,1-5H3,(H,22,23);;;;/q-2;;;;. The predicted octanol–water partition coefficient (Wildman–Crippen LogP) is 3.65. The summed E-state index contributed by atoms with van der Waals surface area (Å²) in [4.78, 5) is 6.80. The van der Waals surface area contributed by atoms with Crippen molar-refractivity contribution in [1.29, 1.82) is 0 Å². The Hall–Kier alpha value is 1.93. The van der Waals surface area contributed by atoms with Crippen LogP contribution in [0.25, 0.3) is 10.9 Å². The maximum atomic E-state index is 9.08. The predicted molar refractivity (Wildman–Crippen MR) is 105 cm³/mol. The second-order valence-electron chi connectivity index (χ2n) is 6.89. The molecule has 4 nitrogen and oxygen atoms in total. The van der Waals surface area contributed by atoms with E-state index in [1.807, 2.05) is 6.20 Å². The van der Waals surface area contributed by atoms with Crippen molar-refractivity contribution in [3.8, 4) is 0 Å². The summed E-state index contributed by atoms with van der Waals surface area (Å²) in [5.41, 5.74) is 5.37. The van der Waals surface area contributed by atoms with Gasteiger partial charge >= 0.3 is 0 Å². The van der Waals surface area contributed by atoms with Crippen LogP contribution in [0.5, 0.6) is 0 Å². The van der Waals surface area contributed by atoms with Crippen molar-refractivity contribution < 1.29 is 113 Å². The summed E-state index contributed by atoms with van der Waals surface area (Å²) in [6, 6.07) is 7.21. The van der Waals surface area contributed by atoms with E-state index in [-0.39, 0.29) is 114 Å². The first kappa shape index (κ1) is 35.5. The van der Waals surface area contributed by atoms with Gasteiger partial charge in [0.15, 0.2) is 0 Å². The summed E-state index contributed by atoms with van der Waals surface area (Å²) in [7, 11) is 0. The van der Waals surface area contributed by atoms with Crippen molar-refractivity contribution in [2.24, 2.45) is 0 Å². The van der Waals surface area contributed by atoms with E-state index in [0.29, 0.717) is 6.04 Å². The monoisotopic (exact) mass is 887 g/mol. The van der Waals surface area contributed by atoms with Gasteiger partial charge in [-0.05, 0) is 39.8 Å². The maximum absolute atomic E-state index is 9.08. The molecule has 0 saturated heterocycles. The topological polar surface area (TPSA) is 48.4 Å². The quantitative estimate of drug-likeness (QED) is 0.379. The number of fused-ring (bicyclic) bond motifs is 1. The van der Waals surface area contributed by atoms with Crippen molar-refractivity contribution in [3.05, 3.63) is 35.0 Å². The zero-order chi connectivity index (χ0) is 18.4. The normalized spacial score (nSPS) is 11.0. The van der Waals surface area contributed by atoms with Gasteiger partial charge in [0.1, 0.15) is 0 Å². The van der Waals surface area contributed by atoms with Crippen LogP contribution >= 0.6 is 0 Å². The van der Waals surface area contributed by atoms with Gasteiger partial charge in [-0.2, -0.15) is 0 Å². The summed E-state index contributed by atoms with van der Waals surface area (Å²) in [6.07, 6.45) is 4.11. The number of hydrogen-bond acceptors (Lipinski definition) is 4. The van der Waals surface area contributed by atoms with Gasteiger partial charge in [0.05, 0.1) is 6.61 Å². The van der Waals surface area contributed by atoms with Gasteiger partial charge in [0, 0.05) is 126 Å². The fourth-order valence-corrected chi connectivity index (χ4v) is 3.07. The molecule has 0 aliphatic heterocycles. The molecule has 156 valence electrons. The summed E-state index contributed by atoms with van der Waals surface area (Å²) in [5.74, 6) is 0. The van der Waals surface area contributed by atoms with Crippen LogP contribution < -0.4 is 5.32 Å². The molecule has 8 heteroatoms. The Morgan fingerprint density at radius 2 is 1.72 bits per heavy atom. The second-order valence-corrected chi connectivity index (χ2v) is 6.89. The van der Waals surface area contributed by atoms with Gasteiger partial charge in [-0.25, -0.2) is 16.5 Å². The summed E-state index contributed by atoms with van der Waals surface area (Å²) in [6.45, 7) is 13.6. The number of rotatable bonds is 9. The molecule has 1 atom stereocenters. The van der Waals surface area contributed by atoms with E-state index in [0.717, 1.165) is 65.8 Å². The minimum absolute atomic E-state index is 0. The van der Waals surface area contributed by atoms with E-state index < -0.39 is 0 Å². The molecule has 0 aliphatic rings. The first-order chi connectivity index (χ1) is 12.0. The van der Waals surface area contributed by atoms with Crippen LogP contribution in [0.4, 0.5) is 5.69 Å². The van der Waals surface area contributed by atoms with Crippen LogP contribution in [-0.2, 0) is 108 Å². The van der Waals surface area contributed by atoms with E-state index in [2.05, 4.69) is 62.0 Å². The Labute approximate surface area is 255 Å². The number of pyridine rings is 1. The molecule has 1 unspecified atom stereocenters. The molecular formula is C21H31N3OW2Y2-2. The molecule has 1 aromatic carbocycles. The van der Waals surface area contributed by atoms with Gasteiger partial charge in [0.25, 0.3) is 0 Å². The van der Waals surface area contributed by atoms with E-state index in [1.54, 1.807) is 0 Å². The molecule has 0 spiro atoms. The fraction of sp³-hybridized carbons (Fsp3) is 0.571. The Morgan fingerprint density at radius 3 is 2.31 bits per heavy atom. The second kappa shape index (κ2) is 18.4. The van der Waals surface area contributed by atoms with Gasteiger partial charge in [-0.3, -0.25) is 12.1 Å². The number of likely N-dealkylation sites (N-methyl/N-ethyl adjacent to an activating group) is 1. The molecule has 29 heavy (non-hydrogen) atoms. The number of aryl methyl sites for hydroxylation is 3. The molecule has 2 radical (unpaired) electrons. The van der Waals surface area contributed by atoms with Gasteiger partial charge in [-0.15, -0.1) is 12.4 Å². The van der Waals surface area contributed by atoms with Gasteiger partial charge < -0.3 is 20.3 Å². The van der Waals surface area contributed by atoms with Crippen LogP contribution in [0.15, 0.2) is 6.20 Å². The molecule has 0 aliphatic carbocycles. The third-order valence-corrected chi connectivity index (χ3v) is 4.81. The smallest absolute Gasteiger partial charge is 0.0558 e. The van der Waals surface area contributed by atoms with Crippen molar-refractivity contribution in [2.75, 3.05) is 31.6 Å². The van der Waals surface area contributed by atoms with Crippen molar-refractivity contribution >= 4 is 16.6 Å². The van der Waals surface area contributed by atoms with E-state index in [1.165, 1.54) is 0 Å². The number of nitrogens with zero attached hydrogens (tertiary/aromatic N) is 2. The van der Waals surface area contributed by atoms with Crippen LogP contribution in [0, 0.1) is 32.9 Å². The molecule has 2 N–H and O–H groups in total. The van der Waals surface area contributed by atoms with Crippen LogP contribution in [-0.4, -0.2) is 47.3 Å². The van der Waals surface area contributed by atoms with Crippen molar-refractivity contribution in [2.45, 2.75) is 53.5 Å². The number of aromatic nitrogens is 1. The molecule has 0 amide bonds. The molecule has 0 saturated carbocycles. The molecule has 2 rings (SSSR count). The molecule has 2 aromatic rings. The number of hydrogen-bond donors (Lipinski definition) is 2. The summed E-state index contributed by atoms with van der Waals surface area (Å²) < 4.78 is 0. The van der Waals surface area contributed by atoms with E-state index >= 15 is 0 Å². The molecule has 0 bridgehead atoms. The number of benzene rings is 1. The number of aliphatic hydroxyl groups excluding tert-OH is 1. The van der Waals surface area contributed by atoms with Crippen LogP contribution in [0.2, 0.25) is 0 Å². The largest absolute Gasteiger partial charge is 0.431 e. The van der Waals surface area contributed by atoms with E-state index in [4.69, 9.17) is 5.11 Å². The van der Waals surface area contributed by atoms with E-state index in [9.17, 15) is 0 Å². The Balaban J connectivity index is -0.00000169. The first-order valence-corrected chi connectivity index (χ1v) is 9.27. The average Bonchev–Trinajstić information content (AvgIpc) is 2.58. The van der Waals surface area contributed by atoms with Gasteiger partial charge in [-0.1, -0.05) is 25.1 Å². The summed E-state index contributed by atoms with van der Waals surface area (Å²) in [5, 5.41) is 13.8. The molecule has 1 heterocycles. The van der Waals surface area contributed by atoms with Crippen molar-refractivity contribution in [1.82, 2.24) is 9.88 Å². The minimum Gasteiger partial charge on any atom is -0.431 e. The molecular weight excluding hydrogens is 856 g/mol. The van der Waals surface area contributed by atoms with Gasteiger partial charge in [0.2, 0.25) is 0 Å². The SMILES string of the molecule is CCN(CCO)CCCC(C)Nc1c(C)cnc2[c-]c(C)c(C)[c-]c12.[W].[W].[Y].[Y]. The summed E-state index contributed by atoms with van der Waals surface area (Å²) >= 11 is 0. The van der Waals surface area contributed by atoms with Crippen molar-refractivity contribution in [3.63, 3.8) is 0 Å². The maximum Gasteiger partial charge on any atom is 0.0558 e. The zero-order valence-corrected chi connectivity index (χ0v) is 29.8. The Morgan fingerprint density at radius 1 is 1.10 bits per heavy atom. The Bertz CT molecular complexity index is 720. The Kier molecular flexibility index (Phi) is 22.5. The average molecular weight is 887 g/mol. The number of anilines is 1. The van der Waals surface area contributed by atoms with Crippen LogP contribution in [0.3, 0.4) is 0 Å². The third kappa shape index (κ3) is 11.1. The number of nitrogens with one attached hydrogen (secondary N) is 1. The minimum atomic E-state index is 0. The zero-order valence-electron chi connectivity index (χ0n) is 18.2. The molecule has 1 aromatic heterocycles.